The Balaban J connectivity index is 1.96. The molecule has 0 heterocycles. The summed E-state index contributed by atoms with van der Waals surface area (Å²) in [6, 6.07) is 6.21. The van der Waals surface area contributed by atoms with Gasteiger partial charge in [0, 0.05) is 19.1 Å². The molecule has 0 amide bonds. The fourth-order valence-electron chi connectivity index (χ4n) is 3.13. The Labute approximate surface area is 116 Å². The molecule has 0 aromatic heterocycles. The first kappa shape index (κ1) is 14.4. The summed E-state index contributed by atoms with van der Waals surface area (Å²) >= 11 is 0. The fourth-order valence-corrected chi connectivity index (χ4v) is 3.13. The summed E-state index contributed by atoms with van der Waals surface area (Å²) in [4.78, 5) is 2.24. The third-order valence-electron chi connectivity index (χ3n) is 3.78. The summed E-state index contributed by atoms with van der Waals surface area (Å²) in [5.41, 5.74) is 2.92. The second-order valence-electron chi connectivity index (χ2n) is 6.76. The lowest BCUT2D eigenvalue weighted by Gasteiger charge is -2.30. The standard InChI is InChI=1S/C16H26N2O/c1-16(2,11-18(3)4)10-17-15-8-5-12-9-13(19)6-7-14(12)15/h6-7,9,15,17,19H,5,8,10-11H2,1-4H3. The van der Waals surface area contributed by atoms with Gasteiger partial charge in [-0.3, -0.25) is 0 Å². The summed E-state index contributed by atoms with van der Waals surface area (Å²) < 4.78 is 0. The molecular weight excluding hydrogens is 236 g/mol. The molecule has 0 saturated heterocycles. The van der Waals surface area contributed by atoms with Crippen LogP contribution in [0.5, 0.6) is 5.75 Å². The minimum atomic E-state index is 0.267. The molecule has 2 rings (SSSR count). The maximum absolute atomic E-state index is 9.52. The highest BCUT2D eigenvalue weighted by molar-refractivity contribution is 5.40. The molecule has 0 spiro atoms. The number of nitrogens with one attached hydrogen (secondary N) is 1. The smallest absolute Gasteiger partial charge is 0.115 e. The molecule has 19 heavy (non-hydrogen) atoms. The minimum absolute atomic E-state index is 0.267. The zero-order valence-electron chi connectivity index (χ0n) is 12.5. The molecule has 0 saturated carbocycles. The third kappa shape index (κ3) is 3.71. The van der Waals surface area contributed by atoms with E-state index in [1.165, 1.54) is 11.1 Å². The van der Waals surface area contributed by atoms with Crippen LogP contribution in [-0.2, 0) is 6.42 Å². The monoisotopic (exact) mass is 262 g/mol. The first-order valence-electron chi connectivity index (χ1n) is 7.07. The van der Waals surface area contributed by atoms with Gasteiger partial charge in [-0.2, -0.15) is 0 Å². The highest BCUT2D eigenvalue weighted by atomic mass is 16.3. The van der Waals surface area contributed by atoms with Gasteiger partial charge in [0.1, 0.15) is 5.75 Å². The van der Waals surface area contributed by atoms with Crippen LogP contribution in [0.2, 0.25) is 0 Å². The van der Waals surface area contributed by atoms with Crippen LogP contribution in [0.4, 0.5) is 0 Å². The summed E-state index contributed by atoms with van der Waals surface area (Å²) in [6.07, 6.45) is 2.20. The van der Waals surface area contributed by atoms with Crippen molar-refractivity contribution in [3.05, 3.63) is 29.3 Å². The highest BCUT2D eigenvalue weighted by Gasteiger charge is 2.25. The summed E-state index contributed by atoms with van der Waals surface area (Å²) in [7, 11) is 4.24. The minimum Gasteiger partial charge on any atom is -0.508 e. The number of benzene rings is 1. The molecular formula is C16H26N2O. The first-order valence-corrected chi connectivity index (χ1v) is 7.07. The van der Waals surface area contributed by atoms with Crippen molar-refractivity contribution < 1.29 is 5.11 Å². The average Bonchev–Trinajstić information content (AvgIpc) is 2.67. The maximum atomic E-state index is 9.52. The summed E-state index contributed by atoms with van der Waals surface area (Å²) in [6.45, 7) is 6.69. The van der Waals surface area contributed by atoms with E-state index in [-0.39, 0.29) is 5.41 Å². The van der Waals surface area contributed by atoms with E-state index in [1.54, 1.807) is 6.07 Å². The van der Waals surface area contributed by atoms with Gasteiger partial charge in [-0.15, -0.1) is 0 Å². The molecule has 1 unspecified atom stereocenters. The number of phenols is 1. The molecule has 1 aliphatic carbocycles. The van der Waals surface area contributed by atoms with Crippen LogP contribution < -0.4 is 5.32 Å². The number of rotatable bonds is 5. The Morgan fingerprint density at radius 1 is 1.37 bits per heavy atom. The molecule has 2 N–H and O–H groups in total. The molecule has 1 aromatic carbocycles. The van der Waals surface area contributed by atoms with Crippen LogP contribution in [0.15, 0.2) is 18.2 Å². The summed E-state index contributed by atoms with van der Waals surface area (Å²) in [5, 5.41) is 13.2. The lowest BCUT2D eigenvalue weighted by molar-refractivity contribution is 0.225. The van der Waals surface area contributed by atoms with E-state index in [4.69, 9.17) is 0 Å². The number of hydrogen-bond acceptors (Lipinski definition) is 3. The number of aryl methyl sites for hydroxylation is 1. The van der Waals surface area contributed by atoms with Crippen LogP contribution in [0, 0.1) is 5.41 Å². The predicted molar refractivity (Wildman–Crippen MR) is 79.5 cm³/mol. The molecule has 3 nitrogen and oxygen atoms in total. The van der Waals surface area contributed by atoms with Gasteiger partial charge in [0.05, 0.1) is 0 Å². The van der Waals surface area contributed by atoms with Crippen molar-refractivity contribution in [2.24, 2.45) is 5.41 Å². The van der Waals surface area contributed by atoms with Crippen LogP contribution in [0.3, 0.4) is 0 Å². The lowest BCUT2D eigenvalue weighted by atomic mass is 9.92. The van der Waals surface area contributed by atoms with E-state index in [0.717, 1.165) is 25.9 Å². The molecule has 0 aliphatic heterocycles. The van der Waals surface area contributed by atoms with Crippen molar-refractivity contribution in [3.63, 3.8) is 0 Å². The first-order chi connectivity index (χ1) is 8.87. The molecule has 0 bridgehead atoms. The van der Waals surface area contributed by atoms with Gasteiger partial charge in [-0.1, -0.05) is 19.9 Å². The van der Waals surface area contributed by atoms with E-state index in [1.807, 2.05) is 6.07 Å². The Kier molecular flexibility index (Phi) is 4.16. The van der Waals surface area contributed by atoms with Gasteiger partial charge < -0.3 is 15.3 Å². The van der Waals surface area contributed by atoms with Crippen molar-refractivity contribution in [1.29, 1.82) is 0 Å². The molecule has 0 fully saturated rings. The normalized spacial score (nSPS) is 18.9. The van der Waals surface area contributed by atoms with Crippen LogP contribution >= 0.6 is 0 Å². The van der Waals surface area contributed by atoms with Crippen molar-refractivity contribution >= 4 is 0 Å². The molecule has 106 valence electrons. The lowest BCUT2D eigenvalue weighted by Crippen LogP contribution is -2.38. The molecule has 3 heteroatoms. The zero-order valence-corrected chi connectivity index (χ0v) is 12.5. The van der Waals surface area contributed by atoms with Gasteiger partial charge in [-0.25, -0.2) is 0 Å². The quantitative estimate of drug-likeness (QED) is 0.856. The second kappa shape index (κ2) is 5.51. The SMILES string of the molecule is CN(C)CC(C)(C)CNC1CCc2cc(O)ccc21. The Hall–Kier alpha value is -1.06. The Bertz CT molecular complexity index is 440. The summed E-state index contributed by atoms with van der Waals surface area (Å²) in [5.74, 6) is 0.382. The van der Waals surface area contributed by atoms with Crippen molar-refractivity contribution in [2.75, 3.05) is 27.2 Å². The second-order valence-corrected chi connectivity index (χ2v) is 6.76. The topological polar surface area (TPSA) is 35.5 Å². The fraction of sp³-hybridized carbons (Fsp3) is 0.625. The van der Waals surface area contributed by atoms with Crippen molar-refractivity contribution in [3.8, 4) is 5.75 Å². The highest BCUT2D eigenvalue weighted by Crippen LogP contribution is 2.33. The molecule has 1 aliphatic rings. The largest absolute Gasteiger partial charge is 0.508 e. The van der Waals surface area contributed by atoms with Crippen molar-refractivity contribution in [2.45, 2.75) is 32.7 Å². The molecule has 1 aromatic rings. The number of aromatic hydroxyl groups is 1. The number of hydrogen-bond donors (Lipinski definition) is 2. The third-order valence-corrected chi connectivity index (χ3v) is 3.78. The Morgan fingerprint density at radius 2 is 2.11 bits per heavy atom. The van der Waals surface area contributed by atoms with Gasteiger partial charge in [0.15, 0.2) is 0 Å². The van der Waals surface area contributed by atoms with E-state index < -0.39 is 0 Å². The van der Waals surface area contributed by atoms with E-state index in [0.29, 0.717) is 11.8 Å². The zero-order chi connectivity index (χ0) is 14.0. The Morgan fingerprint density at radius 3 is 2.79 bits per heavy atom. The van der Waals surface area contributed by atoms with Gasteiger partial charge in [-0.05, 0) is 55.6 Å². The van der Waals surface area contributed by atoms with Crippen LogP contribution in [0.25, 0.3) is 0 Å². The average molecular weight is 262 g/mol. The van der Waals surface area contributed by atoms with Crippen molar-refractivity contribution in [1.82, 2.24) is 10.2 Å². The van der Waals surface area contributed by atoms with E-state index in [9.17, 15) is 5.11 Å². The van der Waals surface area contributed by atoms with Crippen LogP contribution in [-0.4, -0.2) is 37.2 Å². The van der Waals surface area contributed by atoms with Gasteiger partial charge in [0.2, 0.25) is 0 Å². The van der Waals surface area contributed by atoms with Gasteiger partial charge in [0.25, 0.3) is 0 Å². The van der Waals surface area contributed by atoms with E-state index in [2.05, 4.69) is 44.2 Å². The number of phenolic OH excluding ortho intramolecular Hbond substituents is 1. The maximum Gasteiger partial charge on any atom is 0.115 e. The predicted octanol–water partition coefficient (Wildman–Crippen LogP) is 2.56. The molecule has 1 atom stereocenters. The van der Waals surface area contributed by atoms with Crippen LogP contribution in [0.1, 0.15) is 37.4 Å². The van der Waals surface area contributed by atoms with E-state index >= 15 is 0 Å². The number of nitrogens with zero attached hydrogens (tertiary/aromatic N) is 1. The molecule has 0 radical (unpaired) electrons. The van der Waals surface area contributed by atoms with Gasteiger partial charge >= 0.3 is 0 Å². The number of fused-ring (bicyclic) bond motifs is 1.